The number of aromatic nitrogens is 2. The topological polar surface area (TPSA) is 76.0 Å². The van der Waals surface area contributed by atoms with Crippen LogP contribution in [0.15, 0.2) is 15.6 Å². The summed E-state index contributed by atoms with van der Waals surface area (Å²) in [6.45, 7) is 1.07. The van der Waals surface area contributed by atoms with Crippen molar-refractivity contribution < 1.29 is 4.79 Å². The molecule has 0 saturated carbocycles. The van der Waals surface area contributed by atoms with Crippen LogP contribution in [0.3, 0.4) is 0 Å². The van der Waals surface area contributed by atoms with Gasteiger partial charge in [-0.25, -0.2) is 4.79 Å². The molecule has 0 fully saturated rings. The summed E-state index contributed by atoms with van der Waals surface area (Å²) in [6.07, 6.45) is 0. The van der Waals surface area contributed by atoms with Crippen molar-refractivity contribution in [2.75, 3.05) is 11.9 Å². The molecule has 2 heterocycles. The second-order valence-electron chi connectivity index (χ2n) is 2.78. The zero-order valence-electron chi connectivity index (χ0n) is 7.08. The third kappa shape index (κ3) is 1.63. The third-order valence-electron chi connectivity index (χ3n) is 1.84. The second-order valence-corrected chi connectivity index (χ2v) is 3.49. The molecule has 2 amide bonds. The van der Waals surface area contributed by atoms with Crippen LogP contribution in [0.4, 0.5) is 10.6 Å². The Bertz CT molecular complexity index is 442. The highest BCUT2D eigenvalue weighted by Gasteiger charge is 2.13. The van der Waals surface area contributed by atoms with Crippen LogP contribution in [-0.4, -0.2) is 22.1 Å². The van der Waals surface area contributed by atoms with Crippen molar-refractivity contribution >= 4 is 27.8 Å². The molecule has 0 bridgehead atoms. The summed E-state index contributed by atoms with van der Waals surface area (Å²) in [6, 6.07) is 0.976. The Morgan fingerprint density at radius 1 is 1.50 bits per heavy atom. The Labute approximate surface area is 87.5 Å². The molecule has 6 nitrogen and oxygen atoms in total. The molecule has 0 unspecified atom stereocenters. The predicted molar refractivity (Wildman–Crippen MR) is 53.2 cm³/mol. The van der Waals surface area contributed by atoms with E-state index in [1.54, 1.807) is 4.57 Å². The molecule has 0 atom stereocenters. The first-order chi connectivity index (χ1) is 6.66. The van der Waals surface area contributed by atoms with Crippen molar-refractivity contribution in [2.45, 2.75) is 6.54 Å². The first-order valence-electron chi connectivity index (χ1n) is 3.99. The number of hydrogen-bond acceptors (Lipinski definition) is 3. The highest BCUT2D eigenvalue weighted by atomic mass is 79.9. The fraction of sp³-hybridized carbons (Fsp3) is 0.286. The number of nitrogens with one attached hydrogen (secondary N) is 2. The molecule has 0 radical (unpaired) electrons. The molecule has 0 aromatic carbocycles. The van der Waals surface area contributed by atoms with Gasteiger partial charge < -0.3 is 9.88 Å². The number of halogens is 1. The summed E-state index contributed by atoms with van der Waals surface area (Å²) >= 11 is 3.16. The zero-order chi connectivity index (χ0) is 10.1. The van der Waals surface area contributed by atoms with E-state index in [4.69, 9.17) is 0 Å². The van der Waals surface area contributed by atoms with E-state index >= 15 is 0 Å². The van der Waals surface area contributed by atoms with Crippen LogP contribution in [0, 0.1) is 0 Å². The van der Waals surface area contributed by atoms with Gasteiger partial charge in [-0.05, 0) is 15.9 Å². The molecule has 7 heteroatoms. The summed E-state index contributed by atoms with van der Waals surface area (Å²) in [5.74, 6) is 0.451. The van der Waals surface area contributed by atoms with Gasteiger partial charge in [0.1, 0.15) is 5.82 Å². The van der Waals surface area contributed by atoms with Gasteiger partial charge in [0.2, 0.25) is 0 Å². The van der Waals surface area contributed by atoms with Gasteiger partial charge in [-0.15, -0.1) is 0 Å². The summed E-state index contributed by atoms with van der Waals surface area (Å²) < 4.78 is 2.13. The number of hydrogen-bond donors (Lipinski definition) is 2. The van der Waals surface area contributed by atoms with E-state index in [0.717, 1.165) is 0 Å². The van der Waals surface area contributed by atoms with E-state index < -0.39 is 0 Å². The Morgan fingerprint density at radius 3 is 3.07 bits per heavy atom. The van der Waals surface area contributed by atoms with Crippen LogP contribution in [0.2, 0.25) is 0 Å². The number of carbonyl (C=O) groups is 1. The van der Waals surface area contributed by atoms with Crippen LogP contribution in [0.5, 0.6) is 0 Å². The van der Waals surface area contributed by atoms with Crippen molar-refractivity contribution in [3.05, 3.63) is 21.2 Å². The Hall–Kier alpha value is -1.37. The monoisotopic (exact) mass is 258 g/mol. The van der Waals surface area contributed by atoms with E-state index in [1.165, 1.54) is 6.07 Å². The summed E-state index contributed by atoms with van der Waals surface area (Å²) in [4.78, 5) is 25.8. The number of nitrogens with zero attached hydrogens (tertiary/aromatic N) is 2. The number of fused-ring (bicyclic) bond motifs is 1. The fourth-order valence-corrected chi connectivity index (χ4v) is 1.78. The molecule has 2 rings (SSSR count). The number of anilines is 1. The zero-order valence-corrected chi connectivity index (χ0v) is 8.67. The Kier molecular flexibility index (Phi) is 2.24. The summed E-state index contributed by atoms with van der Waals surface area (Å²) in [7, 11) is 0. The predicted octanol–water partition coefficient (Wildman–Crippen LogP) is 0.141. The molecular weight excluding hydrogens is 252 g/mol. The normalized spacial score (nSPS) is 15.1. The first-order valence-corrected chi connectivity index (χ1v) is 4.78. The average Bonchev–Trinajstić information content (AvgIpc) is 2.25. The molecule has 1 aliphatic rings. The Morgan fingerprint density at radius 2 is 2.29 bits per heavy atom. The van der Waals surface area contributed by atoms with E-state index in [0.29, 0.717) is 23.6 Å². The van der Waals surface area contributed by atoms with Gasteiger partial charge in [0.15, 0.2) is 4.73 Å². The van der Waals surface area contributed by atoms with E-state index in [9.17, 15) is 9.59 Å². The van der Waals surface area contributed by atoms with E-state index in [2.05, 4.69) is 31.5 Å². The van der Waals surface area contributed by atoms with Gasteiger partial charge in [0, 0.05) is 19.2 Å². The van der Waals surface area contributed by atoms with Crippen molar-refractivity contribution in [3.63, 3.8) is 0 Å². The largest absolute Gasteiger partial charge is 0.336 e. The van der Waals surface area contributed by atoms with Crippen LogP contribution in [0.1, 0.15) is 0 Å². The van der Waals surface area contributed by atoms with Gasteiger partial charge in [0.05, 0.1) is 0 Å². The highest BCUT2D eigenvalue weighted by Crippen LogP contribution is 2.13. The molecule has 0 spiro atoms. The lowest BCUT2D eigenvalue weighted by atomic mass is 10.5. The first kappa shape index (κ1) is 9.20. The van der Waals surface area contributed by atoms with Crippen molar-refractivity contribution in [1.29, 1.82) is 0 Å². The molecule has 2 N–H and O–H groups in total. The average molecular weight is 259 g/mol. The standard InChI is InChI=1S/C7H7BrN4O2/c8-6-11-5(13)3-4-10-7(14)9-1-2-12(4)6/h3H,1-2H2,(H2,9,10,14). The maximum atomic E-state index is 11.1. The minimum Gasteiger partial charge on any atom is -0.336 e. The molecular formula is C7H7BrN4O2. The number of amides is 2. The molecule has 1 aromatic heterocycles. The van der Waals surface area contributed by atoms with Gasteiger partial charge in [-0.1, -0.05) is 0 Å². The fourth-order valence-electron chi connectivity index (χ4n) is 1.24. The molecule has 0 saturated heterocycles. The number of urea groups is 1. The highest BCUT2D eigenvalue weighted by molar-refractivity contribution is 9.10. The van der Waals surface area contributed by atoms with Crippen molar-refractivity contribution in [3.8, 4) is 0 Å². The molecule has 1 aliphatic heterocycles. The van der Waals surface area contributed by atoms with Gasteiger partial charge in [-0.3, -0.25) is 10.1 Å². The lowest BCUT2D eigenvalue weighted by Crippen LogP contribution is -2.27. The number of rotatable bonds is 0. The minimum absolute atomic E-state index is 0.311. The minimum atomic E-state index is -0.384. The molecule has 0 aliphatic carbocycles. The van der Waals surface area contributed by atoms with Crippen molar-refractivity contribution in [1.82, 2.24) is 14.9 Å². The van der Waals surface area contributed by atoms with Gasteiger partial charge in [0.25, 0.3) is 5.56 Å². The van der Waals surface area contributed by atoms with Crippen LogP contribution >= 0.6 is 15.9 Å². The third-order valence-corrected chi connectivity index (χ3v) is 2.44. The van der Waals surface area contributed by atoms with Gasteiger partial charge >= 0.3 is 6.03 Å². The maximum Gasteiger partial charge on any atom is 0.320 e. The lowest BCUT2D eigenvalue weighted by molar-refractivity contribution is 0.252. The molecule has 74 valence electrons. The van der Waals surface area contributed by atoms with Gasteiger partial charge in [-0.2, -0.15) is 4.98 Å². The maximum absolute atomic E-state index is 11.1. The quantitative estimate of drug-likeness (QED) is 0.651. The summed E-state index contributed by atoms with van der Waals surface area (Å²) in [5, 5.41) is 5.16. The van der Waals surface area contributed by atoms with Crippen LogP contribution in [-0.2, 0) is 6.54 Å². The summed E-state index contributed by atoms with van der Waals surface area (Å²) in [5.41, 5.74) is -0.384. The van der Waals surface area contributed by atoms with E-state index in [-0.39, 0.29) is 11.6 Å². The lowest BCUT2D eigenvalue weighted by Gasteiger charge is -2.09. The van der Waals surface area contributed by atoms with Crippen LogP contribution < -0.4 is 16.2 Å². The Balaban J connectivity index is 2.55. The molecule has 14 heavy (non-hydrogen) atoms. The smallest absolute Gasteiger partial charge is 0.320 e. The van der Waals surface area contributed by atoms with E-state index in [1.807, 2.05) is 0 Å². The van der Waals surface area contributed by atoms with Crippen molar-refractivity contribution in [2.24, 2.45) is 0 Å². The second kappa shape index (κ2) is 3.41. The number of carbonyl (C=O) groups excluding carboxylic acids is 1. The molecule has 1 aromatic rings. The SMILES string of the molecule is O=C1NCCn2c(cc(=O)nc2Br)N1. The van der Waals surface area contributed by atoms with Crippen LogP contribution in [0.25, 0.3) is 0 Å².